The minimum absolute atomic E-state index is 0.0149. The standard InChI is InChI=1S/C17H12BrN3O2/c1-22-16-8-12(6-13(9-19)10-20)7-15(18)17(16)23-11-14-4-2-3-5-21-14/h2-8H,11H2,1H3. The van der Waals surface area contributed by atoms with E-state index in [9.17, 15) is 0 Å². The normalized spacial score (nSPS) is 9.39. The Morgan fingerprint density at radius 2 is 2.09 bits per heavy atom. The van der Waals surface area contributed by atoms with Crippen molar-refractivity contribution in [1.29, 1.82) is 10.5 Å². The maximum atomic E-state index is 8.83. The average molecular weight is 370 g/mol. The van der Waals surface area contributed by atoms with Gasteiger partial charge >= 0.3 is 0 Å². The highest BCUT2D eigenvalue weighted by Gasteiger charge is 2.12. The van der Waals surface area contributed by atoms with Gasteiger partial charge in [-0.2, -0.15) is 10.5 Å². The van der Waals surface area contributed by atoms with Crippen LogP contribution in [0.4, 0.5) is 0 Å². The number of rotatable bonds is 5. The fourth-order valence-electron chi connectivity index (χ4n) is 1.85. The van der Waals surface area contributed by atoms with Crippen LogP contribution in [0.5, 0.6) is 11.5 Å². The number of allylic oxidation sites excluding steroid dienone is 1. The number of hydrogen-bond acceptors (Lipinski definition) is 5. The van der Waals surface area contributed by atoms with Gasteiger partial charge in [-0.1, -0.05) is 6.07 Å². The third-order valence-electron chi connectivity index (χ3n) is 2.89. The summed E-state index contributed by atoms with van der Waals surface area (Å²) in [5.41, 5.74) is 1.47. The number of nitriles is 2. The van der Waals surface area contributed by atoms with Crippen molar-refractivity contribution in [3.63, 3.8) is 0 Å². The molecule has 0 bridgehead atoms. The molecule has 0 N–H and O–H groups in total. The average Bonchev–Trinajstić information content (AvgIpc) is 2.59. The molecular weight excluding hydrogens is 358 g/mol. The Kier molecular flexibility index (Phi) is 5.74. The first-order chi connectivity index (χ1) is 11.2. The van der Waals surface area contributed by atoms with Gasteiger partial charge in [-0.3, -0.25) is 4.98 Å². The smallest absolute Gasteiger partial charge is 0.175 e. The van der Waals surface area contributed by atoms with Gasteiger partial charge in [-0.05, 0) is 51.8 Å². The highest BCUT2D eigenvalue weighted by molar-refractivity contribution is 9.10. The summed E-state index contributed by atoms with van der Waals surface area (Å²) in [6, 6.07) is 12.7. The molecule has 0 saturated heterocycles. The van der Waals surface area contributed by atoms with Crippen LogP contribution < -0.4 is 9.47 Å². The molecule has 1 heterocycles. The zero-order valence-electron chi connectivity index (χ0n) is 12.3. The molecule has 2 aromatic rings. The van der Waals surface area contributed by atoms with Crippen molar-refractivity contribution in [3.05, 3.63) is 57.8 Å². The predicted octanol–water partition coefficient (Wildman–Crippen LogP) is 3.86. The third kappa shape index (κ3) is 4.32. The number of aromatic nitrogens is 1. The first-order valence-corrected chi connectivity index (χ1v) is 7.39. The lowest BCUT2D eigenvalue weighted by Crippen LogP contribution is -2.00. The molecule has 114 valence electrons. The molecule has 0 aliphatic carbocycles. The van der Waals surface area contributed by atoms with Crippen LogP contribution in [0.1, 0.15) is 11.3 Å². The Bertz CT molecular complexity index is 789. The molecule has 6 heteroatoms. The van der Waals surface area contributed by atoms with E-state index in [2.05, 4.69) is 20.9 Å². The predicted molar refractivity (Wildman–Crippen MR) is 88.5 cm³/mol. The van der Waals surface area contributed by atoms with E-state index in [-0.39, 0.29) is 5.57 Å². The first kappa shape index (κ1) is 16.5. The van der Waals surface area contributed by atoms with Crippen molar-refractivity contribution in [1.82, 2.24) is 4.98 Å². The number of benzene rings is 1. The molecule has 0 unspecified atom stereocenters. The molecule has 0 fully saturated rings. The monoisotopic (exact) mass is 369 g/mol. The van der Waals surface area contributed by atoms with Crippen LogP contribution in [0.2, 0.25) is 0 Å². The largest absolute Gasteiger partial charge is 0.493 e. The number of hydrogen-bond donors (Lipinski definition) is 0. The fraction of sp³-hybridized carbons (Fsp3) is 0.118. The van der Waals surface area contributed by atoms with Gasteiger partial charge < -0.3 is 9.47 Å². The zero-order chi connectivity index (χ0) is 16.7. The number of methoxy groups -OCH3 is 1. The lowest BCUT2D eigenvalue weighted by Gasteiger charge is -2.13. The summed E-state index contributed by atoms with van der Waals surface area (Å²) in [5, 5.41) is 17.7. The molecular formula is C17H12BrN3O2. The van der Waals surface area contributed by atoms with Crippen LogP contribution in [-0.4, -0.2) is 12.1 Å². The Morgan fingerprint density at radius 1 is 1.30 bits per heavy atom. The molecule has 0 amide bonds. The fourth-order valence-corrected chi connectivity index (χ4v) is 2.42. The lowest BCUT2D eigenvalue weighted by atomic mass is 10.1. The number of halogens is 1. The quantitative estimate of drug-likeness (QED) is 0.747. The van der Waals surface area contributed by atoms with E-state index < -0.39 is 0 Å². The Labute approximate surface area is 142 Å². The minimum Gasteiger partial charge on any atom is -0.493 e. The summed E-state index contributed by atoms with van der Waals surface area (Å²) in [7, 11) is 1.53. The van der Waals surface area contributed by atoms with Gasteiger partial charge in [0, 0.05) is 6.20 Å². The minimum atomic E-state index is 0.0149. The second-order valence-electron chi connectivity index (χ2n) is 4.43. The molecule has 1 aromatic carbocycles. The van der Waals surface area contributed by atoms with Gasteiger partial charge in [0.1, 0.15) is 24.3 Å². The molecule has 0 aliphatic heterocycles. The van der Waals surface area contributed by atoms with Crippen LogP contribution in [0.3, 0.4) is 0 Å². The molecule has 0 spiro atoms. The van der Waals surface area contributed by atoms with Gasteiger partial charge in [0.2, 0.25) is 0 Å². The van der Waals surface area contributed by atoms with E-state index >= 15 is 0 Å². The first-order valence-electron chi connectivity index (χ1n) is 6.60. The summed E-state index contributed by atoms with van der Waals surface area (Å²) in [6.45, 7) is 0.298. The van der Waals surface area contributed by atoms with E-state index in [4.69, 9.17) is 20.0 Å². The molecule has 0 aliphatic rings. The summed E-state index contributed by atoms with van der Waals surface area (Å²) >= 11 is 3.43. The Morgan fingerprint density at radius 3 is 2.70 bits per heavy atom. The molecule has 23 heavy (non-hydrogen) atoms. The molecule has 0 atom stereocenters. The van der Waals surface area contributed by atoms with Crippen molar-refractivity contribution in [2.75, 3.05) is 7.11 Å². The van der Waals surface area contributed by atoms with Gasteiger partial charge in [0.05, 0.1) is 17.3 Å². The summed E-state index contributed by atoms with van der Waals surface area (Å²) in [4.78, 5) is 4.20. The third-order valence-corrected chi connectivity index (χ3v) is 3.48. The second kappa shape index (κ2) is 7.98. The van der Waals surface area contributed by atoms with Gasteiger partial charge in [-0.15, -0.1) is 0 Å². The van der Waals surface area contributed by atoms with Gasteiger partial charge in [0.15, 0.2) is 11.5 Å². The van der Waals surface area contributed by atoms with Crippen LogP contribution in [0.15, 0.2) is 46.6 Å². The summed E-state index contributed by atoms with van der Waals surface area (Å²) in [6.07, 6.45) is 3.18. The topological polar surface area (TPSA) is 78.9 Å². The molecule has 2 rings (SSSR count). The van der Waals surface area contributed by atoms with Gasteiger partial charge in [0.25, 0.3) is 0 Å². The Hall–Kier alpha value is -2.83. The second-order valence-corrected chi connectivity index (χ2v) is 5.28. The van der Waals surface area contributed by atoms with E-state index in [0.29, 0.717) is 28.1 Å². The maximum absolute atomic E-state index is 8.83. The van der Waals surface area contributed by atoms with Crippen molar-refractivity contribution in [3.8, 4) is 23.6 Å². The van der Waals surface area contributed by atoms with E-state index in [1.807, 2.05) is 30.3 Å². The van der Waals surface area contributed by atoms with Crippen molar-refractivity contribution in [2.45, 2.75) is 6.61 Å². The zero-order valence-corrected chi connectivity index (χ0v) is 13.9. The van der Waals surface area contributed by atoms with E-state index in [1.165, 1.54) is 13.2 Å². The Balaban J connectivity index is 2.29. The summed E-state index contributed by atoms with van der Waals surface area (Å²) in [5.74, 6) is 1.03. The van der Waals surface area contributed by atoms with Crippen molar-refractivity contribution in [2.24, 2.45) is 0 Å². The number of pyridine rings is 1. The van der Waals surface area contributed by atoms with Gasteiger partial charge in [-0.25, -0.2) is 0 Å². The number of ether oxygens (including phenoxy) is 2. The lowest BCUT2D eigenvalue weighted by molar-refractivity contribution is 0.279. The molecule has 5 nitrogen and oxygen atoms in total. The highest BCUT2D eigenvalue weighted by Crippen LogP contribution is 2.37. The summed E-state index contributed by atoms with van der Waals surface area (Å²) < 4.78 is 11.8. The highest BCUT2D eigenvalue weighted by atomic mass is 79.9. The van der Waals surface area contributed by atoms with Crippen LogP contribution in [0, 0.1) is 22.7 Å². The van der Waals surface area contributed by atoms with Crippen molar-refractivity contribution >= 4 is 22.0 Å². The van der Waals surface area contributed by atoms with E-state index in [1.54, 1.807) is 18.3 Å². The van der Waals surface area contributed by atoms with Crippen LogP contribution in [-0.2, 0) is 6.61 Å². The molecule has 1 aromatic heterocycles. The van der Waals surface area contributed by atoms with Crippen molar-refractivity contribution < 1.29 is 9.47 Å². The maximum Gasteiger partial charge on any atom is 0.175 e. The molecule has 0 saturated carbocycles. The van der Waals surface area contributed by atoms with E-state index in [0.717, 1.165) is 5.69 Å². The van der Waals surface area contributed by atoms with Crippen LogP contribution >= 0.6 is 15.9 Å². The molecule has 0 radical (unpaired) electrons. The SMILES string of the molecule is COc1cc(C=C(C#N)C#N)cc(Br)c1OCc1ccccn1. The number of nitrogens with zero attached hydrogens (tertiary/aromatic N) is 3. The van der Waals surface area contributed by atoms with Crippen LogP contribution in [0.25, 0.3) is 6.08 Å².